The first-order valence-electron chi connectivity index (χ1n) is 7.39. The minimum Gasteiger partial charge on any atom is -0.487 e. The summed E-state index contributed by atoms with van der Waals surface area (Å²) in [6, 6.07) is 0. The number of Topliss-reactive ketones (excluding diaryl/α,β-unsaturated/α-hetero) is 1. The predicted molar refractivity (Wildman–Crippen MR) is 85.7 cm³/mol. The van der Waals surface area contributed by atoms with Gasteiger partial charge < -0.3 is 34.6 Å². The summed E-state index contributed by atoms with van der Waals surface area (Å²) in [5, 5.41) is 8.44. The summed E-state index contributed by atoms with van der Waals surface area (Å²) in [5.41, 5.74) is 6.06. The summed E-state index contributed by atoms with van der Waals surface area (Å²) < 4.78 is 18.8. The molecular formula is C14H24N2O6S. The van der Waals surface area contributed by atoms with E-state index in [1.807, 2.05) is 0 Å². The third-order valence-corrected chi connectivity index (χ3v) is 4.04. The Morgan fingerprint density at radius 3 is 2.74 bits per heavy atom. The molecule has 0 amide bonds. The standard InChI is InChI=1S/C14H24N2O6S/c1-10(17)2-3-13(14(18)19)23-16-11-8-22-12(11)9-21-7-6-20-5-4-15/h8,12-13,16H,2-7,9,15H2,1H3,(H,18,19). The van der Waals surface area contributed by atoms with Crippen molar-refractivity contribution in [3.05, 3.63) is 12.0 Å². The second-order valence-corrected chi connectivity index (χ2v) is 5.97. The molecule has 2 atom stereocenters. The number of nitrogens with two attached hydrogens (primary N) is 1. The lowest BCUT2D eigenvalue weighted by molar-refractivity contribution is -0.136. The van der Waals surface area contributed by atoms with E-state index in [1.165, 1.54) is 13.2 Å². The number of ether oxygens (including phenoxy) is 3. The van der Waals surface area contributed by atoms with Crippen molar-refractivity contribution in [2.24, 2.45) is 5.73 Å². The number of carbonyl (C=O) groups is 2. The van der Waals surface area contributed by atoms with Crippen LogP contribution in [0, 0.1) is 0 Å². The highest BCUT2D eigenvalue weighted by Crippen LogP contribution is 2.22. The molecule has 0 aromatic heterocycles. The molecule has 0 saturated carbocycles. The van der Waals surface area contributed by atoms with Gasteiger partial charge in [0.15, 0.2) is 6.10 Å². The molecule has 1 rings (SSSR count). The maximum absolute atomic E-state index is 11.1. The van der Waals surface area contributed by atoms with Crippen LogP contribution in [0.4, 0.5) is 0 Å². The smallest absolute Gasteiger partial charge is 0.318 e. The molecule has 2 unspecified atom stereocenters. The van der Waals surface area contributed by atoms with Crippen molar-refractivity contribution in [1.82, 2.24) is 4.72 Å². The van der Waals surface area contributed by atoms with Crippen molar-refractivity contribution in [3.8, 4) is 0 Å². The van der Waals surface area contributed by atoms with Crippen molar-refractivity contribution in [1.29, 1.82) is 0 Å². The highest BCUT2D eigenvalue weighted by Gasteiger charge is 2.26. The average molecular weight is 348 g/mol. The molecule has 1 heterocycles. The maximum Gasteiger partial charge on any atom is 0.318 e. The Labute approximate surface area is 139 Å². The number of carbonyl (C=O) groups excluding carboxylic acids is 1. The number of hydrogen-bond donors (Lipinski definition) is 3. The molecule has 0 saturated heterocycles. The largest absolute Gasteiger partial charge is 0.487 e. The van der Waals surface area contributed by atoms with Gasteiger partial charge in [-0.3, -0.25) is 4.79 Å². The van der Waals surface area contributed by atoms with Crippen LogP contribution in [-0.2, 0) is 23.8 Å². The zero-order chi connectivity index (χ0) is 17.1. The zero-order valence-electron chi connectivity index (χ0n) is 13.2. The van der Waals surface area contributed by atoms with E-state index in [-0.39, 0.29) is 24.7 Å². The quantitative estimate of drug-likeness (QED) is 0.300. The Kier molecular flexibility index (Phi) is 9.69. The lowest BCUT2D eigenvalue weighted by Crippen LogP contribution is -2.35. The van der Waals surface area contributed by atoms with Gasteiger partial charge in [-0.25, -0.2) is 0 Å². The number of rotatable bonds is 14. The molecule has 0 aliphatic carbocycles. The fourth-order valence-corrected chi connectivity index (χ4v) is 2.45. The maximum atomic E-state index is 11.1. The van der Waals surface area contributed by atoms with Crippen molar-refractivity contribution >= 4 is 23.7 Å². The zero-order valence-corrected chi connectivity index (χ0v) is 14.0. The van der Waals surface area contributed by atoms with Crippen LogP contribution in [0.3, 0.4) is 0 Å². The van der Waals surface area contributed by atoms with Gasteiger partial charge in [-0.1, -0.05) is 0 Å². The summed E-state index contributed by atoms with van der Waals surface area (Å²) >= 11 is 1.07. The Morgan fingerprint density at radius 2 is 2.17 bits per heavy atom. The molecule has 0 fully saturated rings. The molecule has 9 heteroatoms. The normalized spacial score (nSPS) is 17.7. The number of carboxylic acid groups (broad SMARTS) is 1. The van der Waals surface area contributed by atoms with Crippen molar-refractivity contribution in [2.75, 3.05) is 33.0 Å². The second-order valence-electron chi connectivity index (χ2n) is 4.96. The van der Waals surface area contributed by atoms with Gasteiger partial charge in [0.25, 0.3) is 0 Å². The van der Waals surface area contributed by atoms with Crippen molar-refractivity contribution < 1.29 is 28.9 Å². The predicted octanol–water partition coefficient (Wildman–Crippen LogP) is 0.279. The molecule has 23 heavy (non-hydrogen) atoms. The van der Waals surface area contributed by atoms with Crippen LogP contribution in [0.5, 0.6) is 0 Å². The highest BCUT2D eigenvalue weighted by molar-refractivity contribution is 7.98. The first-order valence-corrected chi connectivity index (χ1v) is 8.27. The van der Waals surface area contributed by atoms with Crippen LogP contribution in [0.2, 0.25) is 0 Å². The molecule has 0 aromatic rings. The molecule has 132 valence electrons. The first-order chi connectivity index (χ1) is 11.0. The fourth-order valence-electron chi connectivity index (χ4n) is 1.65. The topological polar surface area (TPSA) is 120 Å². The van der Waals surface area contributed by atoms with E-state index in [2.05, 4.69) is 4.72 Å². The van der Waals surface area contributed by atoms with E-state index < -0.39 is 11.2 Å². The van der Waals surface area contributed by atoms with Crippen LogP contribution < -0.4 is 10.5 Å². The second kappa shape index (κ2) is 11.3. The van der Waals surface area contributed by atoms with E-state index in [9.17, 15) is 9.59 Å². The lowest BCUT2D eigenvalue weighted by Gasteiger charge is -2.28. The minimum atomic E-state index is -0.950. The monoisotopic (exact) mass is 348 g/mol. The third-order valence-electron chi connectivity index (χ3n) is 2.96. The molecule has 8 nitrogen and oxygen atoms in total. The van der Waals surface area contributed by atoms with Crippen molar-refractivity contribution in [3.63, 3.8) is 0 Å². The SMILES string of the molecule is CC(=O)CCC(SNC1=COC1COCCOCCN)C(=O)O. The van der Waals surface area contributed by atoms with E-state index in [0.717, 1.165) is 17.6 Å². The average Bonchev–Trinajstić information content (AvgIpc) is 2.47. The van der Waals surface area contributed by atoms with Gasteiger partial charge in [0.1, 0.15) is 17.3 Å². The van der Waals surface area contributed by atoms with Crippen LogP contribution in [0.1, 0.15) is 19.8 Å². The van der Waals surface area contributed by atoms with Gasteiger partial charge in [0, 0.05) is 13.0 Å². The minimum absolute atomic E-state index is 0.0221. The molecule has 0 bridgehead atoms. The summed E-state index contributed by atoms with van der Waals surface area (Å²) in [7, 11) is 0. The van der Waals surface area contributed by atoms with E-state index in [0.29, 0.717) is 33.0 Å². The van der Waals surface area contributed by atoms with Crippen LogP contribution in [0.15, 0.2) is 12.0 Å². The fraction of sp³-hybridized carbons (Fsp3) is 0.714. The van der Waals surface area contributed by atoms with Gasteiger partial charge in [-0.2, -0.15) is 0 Å². The Bertz CT molecular complexity index is 418. The molecule has 1 aliphatic rings. The van der Waals surface area contributed by atoms with Gasteiger partial charge in [-0.05, 0) is 25.3 Å². The van der Waals surface area contributed by atoms with Gasteiger partial charge in [-0.15, -0.1) is 0 Å². The number of nitrogens with one attached hydrogen (secondary N) is 1. The Balaban J connectivity index is 2.18. The summed E-state index contributed by atoms with van der Waals surface area (Å²) in [6.07, 6.45) is 1.82. The van der Waals surface area contributed by atoms with Gasteiger partial charge in [0.05, 0.1) is 32.1 Å². The summed E-state index contributed by atoms with van der Waals surface area (Å²) in [6.45, 7) is 3.70. The summed E-state index contributed by atoms with van der Waals surface area (Å²) in [5.74, 6) is -0.972. The van der Waals surface area contributed by atoms with Crippen molar-refractivity contribution in [2.45, 2.75) is 31.1 Å². The van der Waals surface area contributed by atoms with Gasteiger partial charge in [0.2, 0.25) is 0 Å². The summed E-state index contributed by atoms with van der Waals surface area (Å²) in [4.78, 5) is 22.1. The molecule has 4 N–H and O–H groups in total. The number of aliphatic carboxylic acids is 1. The molecule has 0 aromatic carbocycles. The van der Waals surface area contributed by atoms with Crippen LogP contribution >= 0.6 is 11.9 Å². The third kappa shape index (κ3) is 8.21. The molecular weight excluding hydrogens is 324 g/mol. The number of ketones is 1. The molecule has 0 spiro atoms. The Morgan fingerprint density at radius 1 is 1.43 bits per heavy atom. The molecule has 1 aliphatic heterocycles. The lowest BCUT2D eigenvalue weighted by atomic mass is 10.2. The highest BCUT2D eigenvalue weighted by atomic mass is 32.2. The van der Waals surface area contributed by atoms with E-state index >= 15 is 0 Å². The van der Waals surface area contributed by atoms with Crippen LogP contribution in [-0.4, -0.2) is 61.2 Å². The van der Waals surface area contributed by atoms with Crippen LogP contribution in [0.25, 0.3) is 0 Å². The number of carboxylic acids is 1. The Hall–Kier alpha value is -1.29. The van der Waals surface area contributed by atoms with E-state index in [1.54, 1.807) is 0 Å². The molecule has 0 radical (unpaired) electrons. The van der Waals surface area contributed by atoms with Gasteiger partial charge >= 0.3 is 5.97 Å². The van der Waals surface area contributed by atoms with E-state index in [4.69, 9.17) is 25.1 Å². The first kappa shape index (κ1) is 19.8. The number of hydrogen-bond acceptors (Lipinski definition) is 8.